The molecule has 182 valence electrons. The summed E-state index contributed by atoms with van der Waals surface area (Å²) in [5, 5.41) is 20.3. The van der Waals surface area contributed by atoms with E-state index in [1.165, 1.54) is 6.92 Å². The zero-order chi connectivity index (χ0) is 25.4. The van der Waals surface area contributed by atoms with Crippen LogP contribution >= 0.6 is 11.8 Å². The van der Waals surface area contributed by atoms with Gasteiger partial charge in [-0.05, 0) is 28.5 Å². The van der Waals surface area contributed by atoms with Gasteiger partial charge in [-0.2, -0.15) is 0 Å². The number of nitrogens with one attached hydrogen (secondary N) is 3. The van der Waals surface area contributed by atoms with Crippen LogP contribution in [0.4, 0.5) is 0 Å². The Morgan fingerprint density at radius 3 is 2.32 bits per heavy atom. The minimum atomic E-state index is -0.878. The Balaban J connectivity index is 2.03. The lowest BCUT2D eigenvalue weighted by atomic mass is 9.99. The van der Waals surface area contributed by atoms with Gasteiger partial charge in [0.2, 0.25) is 5.91 Å². The highest BCUT2D eigenvalue weighted by Gasteiger charge is 2.24. The lowest BCUT2D eigenvalue weighted by Gasteiger charge is -2.19. The van der Waals surface area contributed by atoms with Crippen molar-refractivity contribution >= 4 is 50.9 Å². The highest BCUT2D eigenvalue weighted by atomic mass is 32.2. The van der Waals surface area contributed by atoms with E-state index in [2.05, 4.69) is 5.32 Å². The quantitative estimate of drug-likeness (QED) is 0.331. The zero-order valence-electron chi connectivity index (χ0n) is 20.2. The number of methoxy groups -OCH3 is 1. The first-order valence-corrected chi connectivity index (χ1v) is 11.9. The molecule has 8 nitrogen and oxygen atoms in total. The maximum absolute atomic E-state index is 12.9. The predicted octanol–water partition coefficient (Wildman–Crippen LogP) is 3.62. The Kier molecular flexibility index (Phi) is 9.80. The fraction of sp³-hybridized carbons (Fsp3) is 0.400. The van der Waals surface area contributed by atoms with E-state index in [0.29, 0.717) is 0 Å². The van der Waals surface area contributed by atoms with Crippen molar-refractivity contribution in [2.45, 2.75) is 38.6 Å². The van der Waals surface area contributed by atoms with Crippen molar-refractivity contribution in [3.05, 3.63) is 42.0 Å². The minimum Gasteiger partial charge on any atom is -0.497 e. The summed E-state index contributed by atoms with van der Waals surface area (Å²) in [4.78, 5) is 38.8. The number of rotatable bonds is 11. The van der Waals surface area contributed by atoms with Gasteiger partial charge in [-0.3, -0.25) is 19.8 Å². The summed E-state index contributed by atoms with van der Waals surface area (Å²) in [6.45, 7) is 3.13. The molecule has 0 heterocycles. The first-order chi connectivity index (χ1) is 16.0. The van der Waals surface area contributed by atoms with Crippen molar-refractivity contribution in [2.24, 2.45) is 0 Å². The second-order valence-corrected chi connectivity index (χ2v) is 9.37. The number of Topliss-reactive ketones (excluding diaryl/α,β-unsaturated/α-hetero) is 1. The molecular formula is C25H32N4O4S. The lowest BCUT2D eigenvalue weighted by molar-refractivity contribution is -0.125. The number of benzene rings is 2. The molecule has 0 radical (unpaired) electrons. The molecule has 0 bridgehead atoms. The largest absolute Gasteiger partial charge is 0.497 e. The summed E-state index contributed by atoms with van der Waals surface area (Å²) in [6, 6.07) is 10.7. The second kappa shape index (κ2) is 12.3. The number of fused-ring (bicyclic) bond motifs is 1. The Bertz CT molecular complexity index is 1100. The van der Waals surface area contributed by atoms with Crippen LogP contribution in [0.25, 0.3) is 10.8 Å². The topological polar surface area (TPSA) is 123 Å². The summed E-state index contributed by atoms with van der Waals surface area (Å²) in [6.07, 6.45) is -0.123. The average Bonchev–Trinajstić information content (AvgIpc) is 2.79. The standard InChI is InChI=1S/C25H32N4O4S/c1-15(17-6-7-19-11-21(33-5)9-8-18(19)10-17)25(32)34-14-22(28-16(2)30)23(31)12-20(26)13-24(27)29(3)4/h6-11,15,22,26-27H,12-14H2,1-5H3,(H,28,30)/t15-,22+/m0/s1. The number of amides is 1. The number of nitrogens with zero attached hydrogens (tertiary/aromatic N) is 1. The molecule has 0 unspecified atom stereocenters. The van der Waals surface area contributed by atoms with Crippen LogP contribution in [0, 0.1) is 10.8 Å². The number of thioether (sulfide) groups is 1. The summed E-state index contributed by atoms with van der Waals surface area (Å²) < 4.78 is 5.25. The molecule has 2 aromatic rings. The molecule has 2 atom stereocenters. The third kappa shape index (κ3) is 7.69. The monoisotopic (exact) mass is 484 g/mol. The Hall–Kier alpha value is -3.20. The molecule has 0 spiro atoms. The molecule has 0 saturated carbocycles. The molecule has 0 aliphatic heterocycles. The predicted molar refractivity (Wildman–Crippen MR) is 137 cm³/mol. The van der Waals surface area contributed by atoms with Crippen LogP contribution in [0.3, 0.4) is 0 Å². The third-order valence-electron chi connectivity index (χ3n) is 5.39. The Labute approximate surface area is 204 Å². The van der Waals surface area contributed by atoms with Gasteiger partial charge >= 0.3 is 0 Å². The van der Waals surface area contributed by atoms with E-state index >= 15 is 0 Å². The first kappa shape index (κ1) is 27.0. The van der Waals surface area contributed by atoms with Gasteiger partial charge in [-0.1, -0.05) is 43.0 Å². The van der Waals surface area contributed by atoms with Gasteiger partial charge in [0.05, 0.1) is 19.1 Å². The highest BCUT2D eigenvalue weighted by Crippen LogP contribution is 2.28. The second-order valence-electron chi connectivity index (χ2n) is 8.34. The molecule has 2 aromatic carbocycles. The maximum atomic E-state index is 12.9. The van der Waals surface area contributed by atoms with Gasteiger partial charge in [0.15, 0.2) is 10.9 Å². The number of carbonyl (C=O) groups is 3. The van der Waals surface area contributed by atoms with Gasteiger partial charge < -0.3 is 20.4 Å². The number of hydrogen-bond acceptors (Lipinski definition) is 7. The normalized spacial score (nSPS) is 12.5. The summed E-state index contributed by atoms with van der Waals surface area (Å²) >= 11 is 1.000. The molecule has 34 heavy (non-hydrogen) atoms. The number of carbonyl (C=O) groups excluding carboxylic acids is 3. The van der Waals surface area contributed by atoms with Crippen LogP contribution in [0.15, 0.2) is 36.4 Å². The first-order valence-electron chi connectivity index (χ1n) is 10.9. The molecule has 1 amide bonds. The van der Waals surface area contributed by atoms with Crippen molar-refractivity contribution in [3.8, 4) is 5.75 Å². The van der Waals surface area contributed by atoms with Crippen molar-refractivity contribution in [3.63, 3.8) is 0 Å². The lowest BCUT2D eigenvalue weighted by Crippen LogP contribution is -2.42. The van der Waals surface area contributed by atoms with Crippen LogP contribution in [-0.4, -0.2) is 66.3 Å². The van der Waals surface area contributed by atoms with Crippen LogP contribution in [0.1, 0.15) is 38.2 Å². The van der Waals surface area contributed by atoms with Gasteiger partial charge in [-0.15, -0.1) is 0 Å². The molecule has 0 aliphatic carbocycles. The maximum Gasteiger partial charge on any atom is 0.217 e. The minimum absolute atomic E-state index is 0.0580. The fourth-order valence-electron chi connectivity index (χ4n) is 3.28. The Morgan fingerprint density at radius 1 is 1.06 bits per heavy atom. The molecule has 2 rings (SSSR count). The summed E-state index contributed by atoms with van der Waals surface area (Å²) in [5.74, 6) is -0.0498. The van der Waals surface area contributed by atoms with E-state index in [9.17, 15) is 14.4 Å². The van der Waals surface area contributed by atoms with E-state index in [4.69, 9.17) is 15.6 Å². The summed E-state index contributed by atoms with van der Waals surface area (Å²) in [7, 11) is 5.02. The van der Waals surface area contributed by atoms with Crippen LogP contribution < -0.4 is 10.1 Å². The van der Waals surface area contributed by atoms with Crippen molar-refractivity contribution < 1.29 is 19.1 Å². The fourth-order valence-corrected chi connectivity index (χ4v) is 4.27. The number of ketones is 1. The van der Waals surface area contributed by atoms with Gasteiger partial charge in [0.1, 0.15) is 11.6 Å². The van der Waals surface area contributed by atoms with Crippen molar-refractivity contribution in [2.75, 3.05) is 27.0 Å². The number of hydrogen-bond donors (Lipinski definition) is 3. The van der Waals surface area contributed by atoms with E-state index in [1.807, 2.05) is 43.3 Å². The third-order valence-corrected chi connectivity index (χ3v) is 6.53. The average molecular weight is 485 g/mol. The van der Waals surface area contributed by atoms with Crippen molar-refractivity contribution in [1.29, 1.82) is 10.8 Å². The number of amidine groups is 1. The molecular weight excluding hydrogens is 452 g/mol. The SMILES string of the molecule is COc1ccc2cc([C@H](C)C(=O)SC[C@@H](NC(C)=O)C(=O)CC(=N)CC(=N)N(C)C)ccc2c1. The molecule has 0 aromatic heterocycles. The molecule has 9 heteroatoms. The zero-order valence-corrected chi connectivity index (χ0v) is 21.0. The molecule has 0 aliphatic rings. The molecule has 3 N–H and O–H groups in total. The van der Waals surface area contributed by atoms with E-state index < -0.39 is 12.0 Å². The van der Waals surface area contributed by atoms with E-state index in [-0.39, 0.29) is 46.9 Å². The summed E-state index contributed by atoms with van der Waals surface area (Å²) in [5.41, 5.74) is 0.957. The smallest absolute Gasteiger partial charge is 0.217 e. The van der Waals surface area contributed by atoms with E-state index in [1.54, 1.807) is 26.1 Å². The highest BCUT2D eigenvalue weighted by molar-refractivity contribution is 8.13. The van der Waals surface area contributed by atoms with Crippen molar-refractivity contribution in [1.82, 2.24) is 10.2 Å². The van der Waals surface area contributed by atoms with Crippen LogP contribution in [0.5, 0.6) is 5.75 Å². The van der Waals surface area contributed by atoms with E-state index in [0.717, 1.165) is 33.8 Å². The molecule has 0 fully saturated rings. The van der Waals surface area contributed by atoms with Gasteiger partial charge in [0.25, 0.3) is 0 Å². The van der Waals surface area contributed by atoms with Gasteiger partial charge in [0, 0.05) is 45.3 Å². The Morgan fingerprint density at radius 2 is 1.71 bits per heavy atom. The van der Waals surface area contributed by atoms with Gasteiger partial charge in [-0.25, -0.2) is 0 Å². The number of ether oxygens (including phenoxy) is 1. The van der Waals surface area contributed by atoms with Crippen LogP contribution in [-0.2, 0) is 14.4 Å². The van der Waals surface area contributed by atoms with Crippen LogP contribution in [0.2, 0.25) is 0 Å². The molecule has 0 saturated heterocycles.